The van der Waals surface area contributed by atoms with Gasteiger partial charge in [0.25, 0.3) is 11.5 Å². The summed E-state index contributed by atoms with van der Waals surface area (Å²) in [7, 11) is 0. The lowest BCUT2D eigenvalue weighted by molar-refractivity contribution is 0.0946. The van der Waals surface area contributed by atoms with Gasteiger partial charge >= 0.3 is 0 Å². The van der Waals surface area contributed by atoms with Crippen molar-refractivity contribution in [1.29, 1.82) is 0 Å². The van der Waals surface area contributed by atoms with E-state index in [1.54, 1.807) is 12.3 Å². The Morgan fingerprint density at radius 2 is 1.88 bits per heavy atom. The van der Waals surface area contributed by atoms with Crippen LogP contribution in [0.3, 0.4) is 0 Å². The van der Waals surface area contributed by atoms with E-state index >= 15 is 0 Å². The van der Waals surface area contributed by atoms with Gasteiger partial charge in [0.2, 0.25) is 0 Å². The molecule has 1 atom stereocenters. The van der Waals surface area contributed by atoms with E-state index in [1.165, 1.54) is 10.1 Å². The number of aromatic amines is 1. The Morgan fingerprint density at radius 1 is 1.09 bits per heavy atom. The van der Waals surface area contributed by atoms with Crippen LogP contribution in [0, 0.1) is 27.7 Å². The normalized spacial score (nSPS) is 12.3. The third-order valence-corrected chi connectivity index (χ3v) is 5.88. The average Bonchev–Trinajstić information content (AvgIpc) is 3.33. The van der Waals surface area contributed by atoms with E-state index in [4.69, 9.17) is 0 Å². The smallest absolute Gasteiger partial charge is 0.275 e. The minimum Gasteiger partial charge on any atom is -0.350 e. The first-order chi connectivity index (χ1) is 15.3. The molecule has 1 unspecified atom stereocenters. The summed E-state index contributed by atoms with van der Waals surface area (Å²) >= 11 is 0. The van der Waals surface area contributed by atoms with Crippen molar-refractivity contribution >= 4 is 11.4 Å². The number of hydrogen-bond acceptors (Lipinski definition) is 4. The van der Waals surface area contributed by atoms with Crippen LogP contribution in [0.25, 0.3) is 16.9 Å². The van der Waals surface area contributed by atoms with Crippen molar-refractivity contribution in [3.05, 3.63) is 75.0 Å². The first kappa shape index (κ1) is 21.5. The summed E-state index contributed by atoms with van der Waals surface area (Å²) in [5, 5.41) is 12.0. The van der Waals surface area contributed by atoms with Gasteiger partial charge in [0.1, 0.15) is 5.52 Å². The first-order valence-corrected chi connectivity index (χ1v) is 10.8. The van der Waals surface area contributed by atoms with Crippen LogP contribution in [-0.2, 0) is 0 Å². The molecule has 3 heterocycles. The van der Waals surface area contributed by atoms with Crippen LogP contribution in [0.2, 0.25) is 0 Å². The molecule has 8 nitrogen and oxygen atoms in total. The van der Waals surface area contributed by atoms with Gasteiger partial charge in [-0.3, -0.25) is 14.3 Å². The van der Waals surface area contributed by atoms with Crippen molar-refractivity contribution in [3.63, 3.8) is 0 Å². The van der Waals surface area contributed by atoms with E-state index < -0.39 is 0 Å². The fourth-order valence-electron chi connectivity index (χ4n) is 3.88. The Labute approximate surface area is 186 Å². The summed E-state index contributed by atoms with van der Waals surface area (Å²) in [6.07, 6.45) is 2.43. The molecule has 2 N–H and O–H groups in total. The number of amides is 1. The third kappa shape index (κ3) is 4.08. The summed E-state index contributed by atoms with van der Waals surface area (Å²) in [5.74, 6) is 0.214. The molecule has 32 heavy (non-hydrogen) atoms. The van der Waals surface area contributed by atoms with Gasteiger partial charge < -0.3 is 10.3 Å². The predicted molar refractivity (Wildman–Crippen MR) is 124 cm³/mol. The molecule has 0 fully saturated rings. The first-order valence-electron chi connectivity index (χ1n) is 10.8. The zero-order chi connectivity index (χ0) is 23.0. The van der Waals surface area contributed by atoms with Crippen molar-refractivity contribution in [1.82, 2.24) is 29.7 Å². The molecule has 0 bridgehead atoms. The highest BCUT2D eigenvalue weighted by Crippen LogP contribution is 2.19. The van der Waals surface area contributed by atoms with Gasteiger partial charge in [0.05, 0.1) is 17.3 Å². The number of carbonyl (C=O) groups excluding carboxylic acids is 1. The second kappa shape index (κ2) is 8.45. The minimum absolute atomic E-state index is 0.0580. The molecule has 0 aliphatic rings. The lowest BCUT2D eigenvalue weighted by Gasteiger charge is -2.18. The molecule has 0 aliphatic heterocycles. The fraction of sp³-hybridized carbons (Fsp3) is 0.333. The summed E-state index contributed by atoms with van der Waals surface area (Å²) < 4.78 is 3.42. The summed E-state index contributed by atoms with van der Waals surface area (Å²) in [6, 6.07) is 9.55. The number of carbonyl (C=O) groups is 1. The predicted octanol–water partition coefficient (Wildman–Crippen LogP) is 3.50. The number of aromatic nitrogens is 5. The van der Waals surface area contributed by atoms with Crippen LogP contribution in [0.1, 0.15) is 52.3 Å². The van der Waals surface area contributed by atoms with Crippen LogP contribution in [0.4, 0.5) is 0 Å². The van der Waals surface area contributed by atoms with Crippen LogP contribution < -0.4 is 10.9 Å². The van der Waals surface area contributed by atoms with Crippen LogP contribution >= 0.6 is 0 Å². The second-order valence-corrected chi connectivity index (χ2v) is 8.30. The highest BCUT2D eigenvalue weighted by molar-refractivity contribution is 5.95. The fourth-order valence-corrected chi connectivity index (χ4v) is 3.88. The van der Waals surface area contributed by atoms with Gasteiger partial charge in [-0.15, -0.1) is 5.10 Å². The molecular formula is C24H28N6O2. The third-order valence-electron chi connectivity index (χ3n) is 5.88. The standard InChI is InChI=1S/C24H28N6O2/c1-6-20(30-17(5)10-16(4)27-30)12-25-23(31)19-11-21-24(32)26-22(28-29(21)13-19)18-8-7-14(2)15(3)9-18/h7-11,13,20H,6,12H2,1-5H3,(H,25,31)(H,26,28,32). The zero-order valence-corrected chi connectivity index (χ0v) is 19.1. The minimum atomic E-state index is -0.290. The molecule has 1 aromatic carbocycles. The Balaban J connectivity index is 1.57. The molecule has 0 radical (unpaired) electrons. The Morgan fingerprint density at radius 3 is 2.53 bits per heavy atom. The largest absolute Gasteiger partial charge is 0.350 e. The number of benzene rings is 1. The molecule has 166 valence electrons. The number of aryl methyl sites for hydroxylation is 4. The molecule has 0 saturated carbocycles. The van der Waals surface area contributed by atoms with Crippen molar-refractivity contribution in [2.24, 2.45) is 0 Å². The topological polar surface area (TPSA) is 97.1 Å². The van der Waals surface area contributed by atoms with Gasteiger partial charge in [0, 0.05) is 24.0 Å². The second-order valence-electron chi connectivity index (χ2n) is 8.30. The van der Waals surface area contributed by atoms with Crippen molar-refractivity contribution < 1.29 is 4.79 Å². The van der Waals surface area contributed by atoms with E-state index in [1.807, 2.05) is 56.6 Å². The van der Waals surface area contributed by atoms with E-state index in [0.717, 1.165) is 28.9 Å². The van der Waals surface area contributed by atoms with Gasteiger partial charge in [-0.2, -0.15) is 5.10 Å². The van der Waals surface area contributed by atoms with Crippen LogP contribution in [-0.4, -0.2) is 36.8 Å². The number of nitrogens with zero attached hydrogens (tertiary/aromatic N) is 4. The maximum Gasteiger partial charge on any atom is 0.275 e. The van der Waals surface area contributed by atoms with Crippen molar-refractivity contribution in [2.45, 2.75) is 47.1 Å². The number of H-pyrrole nitrogens is 1. The SMILES string of the molecule is CCC(CNC(=O)c1cc2c(=O)[nH]c(-c3ccc(C)c(C)c3)nn2c1)n1nc(C)cc1C. The highest BCUT2D eigenvalue weighted by Gasteiger charge is 2.17. The Hall–Kier alpha value is -3.68. The lowest BCUT2D eigenvalue weighted by atomic mass is 10.1. The maximum absolute atomic E-state index is 12.8. The molecule has 0 saturated heterocycles. The molecule has 0 spiro atoms. The van der Waals surface area contributed by atoms with Crippen molar-refractivity contribution in [3.8, 4) is 11.4 Å². The van der Waals surface area contributed by atoms with Gasteiger partial charge in [-0.05, 0) is 63.4 Å². The van der Waals surface area contributed by atoms with Crippen molar-refractivity contribution in [2.75, 3.05) is 6.54 Å². The molecular weight excluding hydrogens is 404 g/mol. The number of nitrogens with one attached hydrogen (secondary N) is 2. The Bertz CT molecular complexity index is 1360. The van der Waals surface area contributed by atoms with E-state index in [0.29, 0.717) is 23.4 Å². The number of fused-ring (bicyclic) bond motifs is 1. The lowest BCUT2D eigenvalue weighted by Crippen LogP contribution is -2.31. The van der Waals surface area contributed by atoms with E-state index in [2.05, 4.69) is 27.4 Å². The molecule has 3 aromatic heterocycles. The van der Waals surface area contributed by atoms with E-state index in [9.17, 15) is 9.59 Å². The highest BCUT2D eigenvalue weighted by atomic mass is 16.1. The van der Waals surface area contributed by atoms with Gasteiger partial charge in [0.15, 0.2) is 5.82 Å². The van der Waals surface area contributed by atoms with E-state index in [-0.39, 0.29) is 17.5 Å². The number of hydrogen-bond donors (Lipinski definition) is 2. The summed E-state index contributed by atoms with van der Waals surface area (Å²) in [4.78, 5) is 28.3. The number of rotatable bonds is 6. The summed E-state index contributed by atoms with van der Waals surface area (Å²) in [6.45, 7) is 10.5. The van der Waals surface area contributed by atoms with Crippen LogP contribution in [0.5, 0.6) is 0 Å². The quantitative estimate of drug-likeness (QED) is 0.487. The van der Waals surface area contributed by atoms with Crippen LogP contribution in [0.15, 0.2) is 41.3 Å². The summed E-state index contributed by atoms with van der Waals surface area (Å²) in [5.41, 5.74) is 5.55. The molecule has 8 heteroatoms. The monoisotopic (exact) mass is 432 g/mol. The Kier molecular flexibility index (Phi) is 5.69. The maximum atomic E-state index is 12.8. The van der Waals surface area contributed by atoms with Gasteiger partial charge in [-0.1, -0.05) is 19.1 Å². The zero-order valence-electron chi connectivity index (χ0n) is 19.1. The van der Waals surface area contributed by atoms with Gasteiger partial charge in [-0.25, -0.2) is 4.52 Å². The molecule has 4 aromatic rings. The average molecular weight is 433 g/mol. The molecule has 0 aliphatic carbocycles. The molecule has 1 amide bonds. The molecule has 4 rings (SSSR count).